The summed E-state index contributed by atoms with van der Waals surface area (Å²) < 4.78 is 0. The molecule has 1 heterocycles. The molecule has 2 aromatic rings. The predicted molar refractivity (Wildman–Crippen MR) is 67.3 cm³/mol. The highest BCUT2D eigenvalue weighted by Gasteiger charge is 2.18. The number of aromatic nitrogens is 2. The lowest BCUT2D eigenvalue weighted by molar-refractivity contribution is 0.507. The van der Waals surface area contributed by atoms with Crippen LogP contribution in [-0.4, -0.2) is 10.2 Å². The van der Waals surface area contributed by atoms with Crippen LogP contribution in [-0.2, 0) is 5.41 Å². The van der Waals surface area contributed by atoms with Gasteiger partial charge in [-0.15, -0.1) is 5.10 Å². The molecule has 3 heteroatoms. The van der Waals surface area contributed by atoms with Gasteiger partial charge in [0.2, 0.25) is 0 Å². The van der Waals surface area contributed by atoms with E-state index in [0.29, 0.717) is 5.82 Å². The number of hydrogen-bond donors (Lipinski definition) is 1. The van der Waals surface area contributed by atoms with Crippen molar-refractivity contribution in [2.75, 3.05) is 5.73 Å². The van der Waals surface area contributed by atoms with Gasteiger partial charge in [0.15, 0.2) is 5.82 Å². The van der Waals surface area contributed by atoms with E-state index < -0.39 is 0 Å². The van der Waals surface area contributed by atoms with Crippen molar-refractivity contribution in [3.05, 3.63) is 30.0 Å². The predicted octanol–water partition coefficient (Wildman–Crippen LogP) is 2.90. The minimum atomic E-state index is 0.187. The molecular weight excluding hydrogens is 198 g/mol. The Labute approximate surface area is 95.7 Å². The molecule has 3 nitrogen and oxygen atoms in total. The zero-order valence-corrected chi connectivity index (χ0v) is 9.99. The Kier molecular flexibility index (Phi) is 2.54. The van der Waals surface area contributed by atoms with Gasteiger partial charge < -0.3 is 5.73 Å². The Hall–Kier alpha value is -1.64. The van der Waals surface area contributed by atoms with Crippen LogP contribution in [0.15, 0.2) is 24.4 Å². The molecule has 0 aliphatic carbocycles. The zero-order valence-electron chi connectivity index (χ0n) is 9.99. The molecule has 1 aromatic heterocycles. The van der Waals surface area contributed by atoms with Crippen molar-refractivity contribution in [2.24, 2.45) is 0 Å². The van der Waals surface area contributed by atoms with Crippen molar-refractivity contribution in [1.82, 2.24) is 10.2 Å². The lowest BCUT2D eigenvalue weighted by Crippen LogP contribution is -2.15. The minimum absolute atomic E-state index is 0.187. The standard InChI is InChI=1S/C13H17N3/c1-4-13(2,3)10-5-6-11-9(7-10)8-15-16-12(11)14/h5-8H,4H2,1-3H3,(H2,14,16). The normalized spacial score (nSPS) is 11.9. The zero-order chi connectivity index (χ0) is 11.8. The molecule has 0 spiro atoms. The summed E-state index contributed by atoms with van der Waals surface area (Å²) in [5.74, 6) is 0.498. The van der Waals surface area contributed by atoms with Gasteiger partial charge in [-0.2, -0.15) is 5.10 Å². The topological polar surface area (TPSA) is 51.8 Å². The first kappa shape index (κ1) is 10.9. The van der Waals surface area contributed by atoms with Crippen molar-refractivity contribution in [2.45, 2.75) is 32.6 Å². The molecule has 0 bridgehead atoms. The lowest BCUT2D eigenvalue weighted by atomic mass is 9.82. The third-order valence-corrected chi connectivity index (χ3v) is 3.36. The number of nitrogen functional groups attached to an aromatic ring is 1. The SMILES string of the molecule is CCC(C)(C)c1ccc2c(N)nncc2c1. The van der Waals surface area contributed by atoms with Gasteiger partial charge in [-0.05, 0) is 23.5 Å². The van der Waals surface area contributed by atoms with Gasteiger partial charge in [0.1, 0.15) is 0 Å². The molecule has 0 atom stereocenters. The molecular formula is C13H17N3. The van der Waals surface area contributed by atoms with E-state index in [4.69, 9.17) is 5.73 Å². The van der Waals surface area contributed by atoms with Gasteiger partial charge in [-0.3, -0.25) is 0 Å². The van der Waals surface area contributed by atoms with Crippen molar-refractivity contribution < 1.29 is 0 Å². The highest BCUT2D eigenvalue weighted by Crippen LogP contribution is 2.29. The quantitative estimate of drug-likeness (QED) is 0.838. The Morgan fingerprint density at radius 3 is 2.75 bits per heavy atom. The third-order valence-electron chi connectivity index (χ3n) is 3.36. The van der Waals surface area contributed by atoms with Crippen LogP contribution in [0.4, 0.5) is 5.82 Å². The Bertz CT molecular complexity index is 518. The average molecular weight is 215 g/mol. The molecule has 0 aliphatic rings. The molecule has 0 aliphatic heterocycles. The van der Waals surface area contributed by atoms with E-state index in [9.17, 15) is 0 Å². The van der Waals surface area contributed by atoms with Gasteiger partial charge in [0, 0.05) is 10.8 Å². The number of nitrogens with zero attached hydrogens (tertiary/aromatic N) is 2. The van der Waals surface area contributed by atoms with E-state index >= 15 is 0 Å². The van der Waals surface area contributed by atoms with Crippen LogP contribution in [0.2, 0.25) is 0 Å². The fourth-order valence-electron chi connectivity index (χ4n) is 1.74. The van der Waals surface area contributed by atoms with Gasteiger partial charge in [-0.1, -0.05) is 32.9 Å². The fourth-order valence-corrected chi connectivity index (χ4v) is 1.74. The number of hydrogen-bond acceptors (Lipinski definition) is 3. The fraction of sp³-hybridized carbons (Fsp3) is 0.385. The Morgan fingerprint density at radius 1 is 1.31 bits per heavy atom. The number of anilines is 1. The summed E-state index contributed by atoms with van der Waals surface area (Å²) in [5.41, 5.74) is 7.28. The lowest BCUT2D eigenvalue weighted by Gasteiger charge is -2.23. The van der Waals surface area contributed by atoms with Gasteiger partial charge in [0.05, 0.1) is 6.20 Å². The molecule has 1 aromatic carbocycles. The van der Waals surface area contributed by atoms with Crippen molar-refractivity contribution in [3.63, 3.8) is 0 Å². The summed E-state index contributed by atoms with van der Waals surface area (Å²) in [5, 5.41) is 9.77. The largest absolute Gasteiger partial charge is 0.382 e. The molecule has 84 valence electrons. The third kappa shape index (κ3) is 1.73. The summed E-state index contributed by atoms with van der Waals surface area (Å²) in [7, 11) is 0. The average Bonchev–Trinajstić information content (AvgIpc) is 2.29. The smallest absolute Gasteiger partial charge is 0.153 e. The van der Waals surface area contributed by atoms with Gasteiger partial charge in [0.25, 0.3) is 0 Å². The van der Waals surface area contributed by atoms with E-state index in [2.05, 4.69) is 43.1 Å². The van der Waals surface area contributed by atoms with Gasteiger partial charge >= 0.3 is 0 Å². The first-order chi connectivity index (χ1) is 7.54. The second kappa shape index (κ2) is 3.74. The van der Waals surface area contributed by atoms with E-state index in [1.165, 1.54) is 5.56 Å². The molecule has 16 heavy (non-hydrogen) atoms. The molecule has 0 fully saturated rings. The first-order valence-corrected chi connectivity index (χ1v) is 5.56. The molecule has 2 rings (SSSR count). The van der Waals surface area contributed by atoms with Crippen molar-refractivity contribution in [3.8, 4) is 0 Å². The minimum Gasteiger partial charge on any atom is -0.382 e. The Balaban J connectivity index is 2.61. The summed E-state index contributed by atoms with van der Waals surface area (Å²) in [6, 6.07) is 6.32. The second-order valence-corrected chi connectivity index (χ2v) is 4.77. The number of benzene rings is 1. The number of fused-ring (bicyclic) bond motifs is 1. The van der Waals surface area contributed by atoms with Crippen LogP contribution < -0.4 is 5.73 Å². The van der Waals surface area contributed by atoms with Crippen LogP contribution in [0, 0.1) is 0 Å². The van der Waals surface area contributed by atoms with Crippen LogP contribution in [0.5, 0.6) is 0 Å². The van der Waals surface area contributed by atoms with Crippen LogP contribution in [0.25, 0.3) is 10.8 Å². The molecule has 0 saturated heterocycles. The molecule has 0 unspecified atom stereocenters. The summed E-state index contributed by atoms with van der Waals surface area (Å²) in [6.45, 7) is 6.68. The van der Waals surface area contributed by atoms with Crippen molar-refractivity contribution in [1.29, 1.82) is 0 Å². The van der Waals surface area contributed by atoms with E-state index in [-0.39, 0.29) is 5.41 Å². The molecule has 0 radical (unpaired) electrons. The highest BCUT2D eigenvalue weighted by atomic mass is 15.1. The van der Waals surface area contributed by atoms with Crippen LogP contribution in [0.3, 0.4) is 0 Å². The highest BCUT2D eigenvalue weighted by molar-refractivity contribution is 5.90. The maximum atomic E-state index is 5.77. The Morgan fingerprint density at radius 2 is 2.06 bits per heavy atom. The number of rotatable bonds is 2. The summed E-state index contributed by atoms with van der Waals surface area (Å²) >= 11 is 0. The second-order valence-electron chi connectivity index (χ2n) is 4.77. The van der Waals surface area contributed by atoms with E-state index in [1.807, 2.05) is 6.07 Å². The first-order valence-electron chi connectivity index (χ1n) is 5.56. The van der Waals surface area contributed by atoms with E-state index in [1.54, 1.807) is 6.20 Å². The van der Waals surface area contributed by atoms with Crippen LogP contribution in [0.1, 0.15) is 32.8 Å². The van der Waals surface area contributed by atoms with Crippen molar-refractivity contribution >= 4 is 16.6 Å². The van der Waals surface area contributed by atoms with E-state index in [0.717, 1.165) is 17.2 Å². The molecule has 0 saturated carbocycles. The van der Waals surface area contributed by atoms with Gasteiger partial charge in [-0.25, -0.2) is 0 Å². The number of nitrogens with two attached hydrogens (primary N) is 1. The van der Waals surface area contributed by atoms with Crippen LogP contribution >= 0.6 is 0 Å². The maximum Gasteiger partial charge on any atom is 0.153 e. The maximum absolute atomic E-state index is 5.77. The molecule has 2 N–H and O–H groups in total. The monoisotopic (exact) mass is 215 g/mol. The summed E-state index contributed by atoms with van der Waals surface area (Å²) in [6.07, 6.45) is 2.87. The molecule has 0 amide bonds. The summed E-state index contributed by atoms with van der Waals surface area (Å²) in [4.78, 5) is 0.